The minimum atomic E-state index is 0.207. The van der Waals surface area contributed by atoms with Crippen LogP contribution in [0.15, 0.2) is 30.3 Å². The Morgan fingerprint density at radius 1 is 1.12 bits per heavy atom. The molecule has 0 aliphatic heterocycles. The van der Waals surface area contributed by atoms with Gasteiger partial charge in [0.25, 0.3) is 0 Å². The highest BCUT2D eigenvalue weighted by molar-refractivity contribution is 5.59. The Balaban J connectivity index is 2.29. The molecule has 1 aromatic carbocycles. The number of nitrogens with zero attached hydrogens (tertiary/aromatic N) is 1. The molecular weight excluding hydrogens is 208 g/mol. The Hall–Kier alpha value is -1.57. The molecule has 0 saturated heterocycles. The van der Waals surface area contributed by atoms with Crippen molar-refractivity contribution in [2.75, 3.05) is 0 Å². The molecule has 0 fully saturated rings. The van der Waals surface area contributed by atoms with Crippen LogP contribution in [-0.2, 0) is 11.8 Å². The van der Waals surface area contributed by atoms with Gasteiger partial charge in [-0.15, -0.1) is 0 Å². The smallest absolute Gasteiger partial charge is 0.0923 e. The minimum Gasteiger partial charge on any atom is -0.282 e. The van der Waals surface area contributed by atoms with Crippen molar-refractivity contribution in [3.8, 4) is 11.3 Å². The van der Waals surface area contributed by atoms with E-state index in [1.54, 1.807) is 0 Å². The number of nitrogens with one attached hydrogen (secondary N) is 1. The van der Waals surface area contributed by atoms with Gasteiger partial charge in [0.15, 0.2) is 0 Å². The first-order valence-electron chi connectivity index (χ1n) is 6.16. The summed E-state index contributed by atoms with van der Waals surface area (Å²) in [6.45, 7) is 8.81. The van der Waals surface area contributed by atoms with Crippen LogP contribution in [0.4, 0.5) is 0 Å². The Morgan fingerprint density at radius 3 is 2.24 bits per heavy atom. The zero-order valence-electron chi connectivity index (χ0n) is 11.0. The van der Waals surface area contributed by atoms with Gasteiger partial charge in [-0.05, 0) is 23.5 Å². The number of rotatable bonds is 2. The predicted octanol–water partition coefficient (Wildman–Crippen LogP) is 3.94. The van der Waals surface area contributed by atoms with Crippen molar-refractivity contribution in [2.45, 2.75) is 39.5 Å². The van der Waals surface area contributed by atoms with E-state index >= 15 is 0 Å². The molecule has 0 amide bonds. The molecule has 0 saturated carbocycles. The number of H-pyrrole nitrogens is 1. The summed E-state index contributed by atoms with van der Waals surface area (Å²) in [5.74, 6) is 0. The van der Waals surface area contributed by atoms with Gasteiger partial charge in [0.2, 0.25) is 0 Å². The lowest BCUT2D eigenvalue weighted by Crippen LogP contribution is -2.10. The van der Waals surface area contributed by atoms with Gasteiger partial charge in [0.1, 0.15) is 0 Å². The Labute approximate surface area is 103 Å². The number of aromatic nitrogens is 2. The molecule has 2 rings (SSSR count). The van der Waals surface area contributed by atoms with E-state index in [1.807, 2.05) is 0 Å². The first-order valence-corrected chi connectivity index (χ1v) is 6.16. The van der Waals surface area contributed by atoms with Crippen LogP contribution in [0.1, 0.15) is 39.0 Å². The number of hydrogen-bond donors (Lipinski definition) is 1. The highest BCUT2D eigenvalue weighted by atomic mass is 15.1. The number of aryl methyl sites for hydroxylation is 1. The molecule has 0 bridgehead atoms. The second-order valence-electron chi connectivity index (χ2n) is 5.46. The van der Waals surface area contributed by atoms with Crippen LogP contribution >= 0.6 is 0 Å². The maximum atomic E-state index is 4.32. The van der Waals surface area contributed by atoms with Gasteiger partial charge in [0, 0.05) is 11.3 Å². The van der Waals surface area contributed by atoms with Crippen molar-refractivity contribution >= 4 is 0 Å². The average Bonchev–Trinajstić information content (AvgIpc) is 2.76. The summed E-state index contributed by atoms with van der Waals surface area (Å²) in [6, 6.07) is 10.8. The van der Waals surface area contributed by atoms with Gasteiger partial charge >= 0.3 is 0 Å². The van der Waals surface area contributed by atoms with Crippen molar-refractivity contribution < 1.29 is 0 Å². The summed E-state index contributed by atoms with van der Waals surface area (Å²) in [6.07, 6.45) is 0.993. The van der Waals surface area contributed by atoms with Crippen LogP contribution in [0.25, 0.3) is 11.3 Å². The average molecular weight is 228 g/mol. The first kappa shape index (κ1) is 11.9. The minimum absolute atomic E-state index is 0.207. The number of aromatic amines is 1. The second kappa shape index (κ2) is 4.36. The van der Waals surface area contributed by atoms with E-state index in [2.05, 4.69) is 68.2 Å². The molecule has 0 spiro atoms. The zero-order valence-corrected chi connectivity index (χ0v) is 11.0. The molecule has 2 aromatic rings. The molecule has 0 radical (unpaired) electrons. The van der Waals surface area contributed by atoms with Crippen LogP contribution in [-0.4, -0.2) is 10.2 Å². The first-order chi connectivity index (χ1) is 8.00. The molecule has 1 aromatic heterocycles. The molecule has 0 unspecified atom stereocenters. The maximum Gasteiger partial charge on any atom is 0.0923 e. The van der Waals surface area contributed by atoms with Crippen molar-refractivity contribution in [1.29, 1.82) is 0 Å². The van der Waals surface area contributed by atoms with Crippen LogP contribution in [0, 0.1) is 0 Å². The molecule has 1 heterocycles. The number of hydrogen-bond acceptors (Lipinski definition) is 1. The predicted molar refractivity (Wildman–Crippen MR) is 72.1 cm³/mol. The Morgan fingerprint density at radius 2 is 1.76 bits per heavy atom. The standard InChI is InChI=1S/C15H20N2/c1-5-13-10-14(17-16-13)11-6-8-12(9-7-11)15(2,3)4/h6-10H,5H2,1-4H3,(H,16,17). The molecule has 2 nitrogen and oxygen atoms in total. The van der Waals surface area contributed by atoms with E-state index < -0.39 is 0 Å². The zero-order chi connectivity index (χ0) is 12.5. The van der Waals surface area contributed by atoms with Crippen LogP contribution in [0.2, 0.25) is 0 Å². The van der Waals surface area contributed by atoms with Gasteiger partial charge in [-0.2, -0.15) is 5.10 Å². The van der Waals surface area contributed by atoms with Gasteiger partial charge in [-0.3, -0.25) is 5.10 Å². The molecule has 0 aliphatic rings. The quantitative estimate of drug-likeness (QED) is 0.828. The fourth-order valence-corrected chi connectivity index (χ4v) is 1.83. The summed E-state index contributed by atoms with van der Waals surface area (Å²) in [4.78, 5) is 0. The summed E-state index contributed by atoms with van der Waals surface area (Å²) < 4.78 is 0. The van der Waals surface area contributed by atoms with Gasteiger partial charge in [0.05, 0.1) is 5.69 Å². The van der Waals surface area contributed by atoms with Crippen LogP contribution < -0.4 is 0 Å². The lowest BCUT2D eigenvalue weighted by atomic mass is 9.86. The molecule has 90 valence electrons. The summed E-state index contributed by atoms with van der Waals surface area (Å²) in [7, 11) is 0. The molecule has 2 heteroatoms. The molecule has 0 aliphatic carbocycles. The summed E-state index contributed by atoms with van der Waals surface area (Å²) in [5.41, 5.74) is 4.95. The fourth-order valence-electron chi connectivity index (χ4n) is 1.83. The van der Waals surface area contributed by atoms with E-state index in [-0.39, 0.29) is 5.41 Å². The van der Waals surface area contributed by atoms with Crippen LogP contribution in [0.3, 0.4) is 0 Å². The third kappa shape index (κ3) is 2.57. The summed E-state index contributed by atoms with van der Waals surface area (Å²) >= 11 is 0. The highest BCUT2D eigenvalue weighted by Crippen LogP contribution is 2.25. The van der Waals surface area contributed by atoms with Crippen molar-refractivity contribution in [1.82, 2.24) is 10.2 Å². The van der Waals surface area contributed by atoms with Crippen molar-refractivity contribution in [3.63, 3.8) is 0 Å². The second-order valence-corrected chi connectivity index (χ2v) is 5.46. The third-order valence-electron chi connectivity index (χ3n) is 3.06. The highest BCUT2D eigenvalue weighted by Gasteiger charge is 2.13. The Kier molecular flexibility index (Phi) is 3.05. The normalized spacial score (nSPS) is 11.8. The molecule has 1 N–H and O–H groups in total. The van der Waals surface area contributed by atoms with E-state index in [4.69, 9.17) is 0 Å². The SMILES string of the molecule is CCc1cc(-c2ccc(C(C)(C)C)cc2)n[nH]1. The fraction of sp³-hybridized carbons (Fsp3) is 0.400. The monoisotopic (exact) mass is 228 g/mol. The van der Waals surface area contributed by atoms with E-state index in [0.717, 1.165) is 12.1 Å². The Bertz CT molecular complexity index is 486. The van der Waals surface area contributed by atoms with Gasteiger partial charge < -0.3 is 0 Å². The lowest BCUT2D eigenvalue weighted by Gasteiger charge is -2.18. The van der Waals surface area contributed by atoms with Gasteiger partial charge in [-0.25, -0.2) is 0 Å². The van der Waals surface area contributed by atoms with E-state index in [1.165, 1.54) is 16.8 Å². The summed E-state index contributed by atoms with van der Waals surface area (Å²) in [5, 5.41) is 7.37. The van der Waals surface area contributed by atoms with Crippen LogP contribution in [0.5, 0.6) is 0 Å². The molecule has 17 heavy (non-hydrogen) atoms. The van der Waals surface area contributed by atoms with Crippen molar-refractivity contribution in [2.24, 2.45) is 0 Å². The molecule has 0 atom stereocenters. The van der Waals surface area contributed by atoms with Gasteiger partial charge in [-0.1, -0.05) is 52.0 Å². The number of benzene rings is 1. The topological polar surface area (TPSA) is 28.7 Å². The molecular formula is C15H20N2. The maximum absolute atomic E-state index is 4.32. The van der Waals surface area contributed by atoms with E-state index in [0.29, 0.717) is 0 Å². The van der Waals surface area contributed by atoms with E-state index in [9.17, 15) is 0 Å². The third-order valence-corrected chi connectivity index (χ3v) is 3.06. The largest absolute Gasteiger partial charge is 0.282 e. The van der Waals surface area contributed by atoms with Crippen molar-refractivity contribution in [3.05, 3.63) is 41.6 Å². The lowest BCUT2D eigenvalue weighted by molar-refractivity contribution is 0.590.